The Labute approximate surface area is 119 Å². The van der Waals surface area contributed by atoms with Gasteiger partial charge in [-0.25, -0.2) is 0 Å². The van der Waals surface area contributed by atoms with E-state index in [9.17, 15) is 0 Å². The maximum atomic E-state index is 5.82. The molecular weight excluding hydrogens is 236 g/mol. The third-order valence-electron chi connectivity index (χ3n) is 4.55. The predicted octanol–water partition coefficient (Wildman–Crippen LogP) is 2.51. The van der Waals surface area contributed by atoms with Crippen LogP contribution in [0.2, 0.25) is 0 Å². The normalized spacial score (nSPS) is 27.9. The minimum absolute atomic E-state index is 0.359. The van der Waals surface area contributed by atoms with Crippen LogP contribution in [0.4, 0.5) is 0 Å². The standard InChI is InChI=1S/C16H32N2O/c1-3-9-17-12-16(8-5-10-19-14-16)13-18(4-2)11-15-6-7-15/h15,17H,3-14H2,1-2H3. The van der Waals surface area contributed by atoms with Crippen molar-refractivity contribution in [2.45, 2.75) is 46.0 Å². The second-order valence-electron chi connectivity index (χ2n) is 6.60. The number of ether oxygens (including phenoxy) is 1. The molecule has 1 aliphatic heterocycles. The van der Waals surface area contributed by atoms with Crippen LogP contribution in [-0.2, 0) is 4.74 Å². The van der Waals surface area contributed by atoms with Gasteiger partial charge in [0.2, 0.25) is 0 Å². The zero-order chi connectivity index (χ0) is 13.6. The molecule has 19 heavy (non-hydrogen) atoms. The molecule has 3 nitrogen and oxygen atoms in total. The van der Waals surface area contributed by atoms with Crippen LogP contribution in [0, 0.1) is 11.3 Å². The summed E-state index contributed by atoms with van der Waals surface area (Å²) in [6.45, 7) is 12.4. The monoisotopic (exact) mass is 268 g/mol. The van der Waals surface area contributed by atoms with Crippen LogP contribution in [0.15, 0.2) is 0 Å². The summed E-state index contributed by atoms with van der Waals surface area (Å²) in [4.78, 5) is 2.67. The highest BCUT2D eigenvalue weighted by molar-refractivity contribution is 4.88. The lowest BCUT2D eigenvalue weighted by molar-refractivity contribution is -0.0260. The van der Waals surface area contributed by atoms with E-state index >= 15 is 0 Å². The van der Waals surface area contributed by atoms with E-state index in [1.807, 2.05) is 0 Å². The van der Waals surface area contributed by atoms with Gasteiger partial charge in [0.1, 0.15) is 0 Å². The van der Waals surface area contributed by atoms with Crippen LogP contribution in [0.25, 0.3) is 0 Å². The molecular formula is C16H32N2O. The summed E-state index contributed by atoms with van der Waals surface area (Å²) in [5.41, 5.74) is 0.359. The van der Waals surface area contributed by atoms with Gasteiger partial charge < -0.3 is 15.0 Å². The fraction of sp³-hybridized carbons (Fsp3) is 1.00. The van der Waals surface area contributed by atoms with Gasteiger partial charge in [0.25, 0.3) is 0 Å². The van der Waals surface area contributed by atoms with Crippen molar-refractivity contribution < 1.29 is 4.74 Å². The minimum atomic E-state index is 0.359. The molecule has 0 bridgehead atoms. The summed E-state index contributed by atoms with van der Waals surface area (Å²) < 4.78 is 5.82. The zero-order valence-corrected chi connectivity index (χ0v) is 12.9. The number of nitrogens with one attached hydrogen (secondary N) is 1. The Morgan fingerprint density at radius 1 is 1.32 bits per heavy atom. The first-order valence-electron chi connectivity index (χ1n) is 8.29. The summed E-state index contributed by atoms with van der Waals surface area (Å²) in [5, 5.41) is 3.64. The highest BCUT2D eigenvalue weighted by atomic mass is 16.5. The lowest BCUT2D eigenvalue weighted by Gasteiger charge is -2.41. The number of hydrogen-bond donors (Lipinski definition) is 1. The van der Waals surface area contributed by atoms with Crippen molar-refractivity contribution in [2.75, 3.05) is 45.9 Å². The lowest BCUT2D eigenvalue weighted by Crippen LogP contribution is -2.49. The molecule has 2 rings (SSSR count). The molecule has 0 spiro atoms. The first-order valence-corrected chi connectivity index (χ1v) is 8.29. The molecule has 1 atom stereocenters. The van der Waals surface area contributed by atoms with E-state index < -0.39 is 0 Å². The van der Waals surface area contributed by atoms with E-state index in [-0.39, 0.29) is 0 Å². The molecule has 1 saturated carbocycles. The third-order valence-corrected chi connectivity index (χ3v) is 4.55. The second kappa shape index (κ2) is 7.61. The summed E-state index contributed by atoms with van der Waals surface area (Å²) >= 11 is 0. The van der Waals surface area contributed by atoms with Crippen LogP contribution in [-0.4, -0.2) is 50.8 Å². The van der Waals surface area contributed by atoms with Crippen molar-refractivity contribution in [1.29, 1.82) is 0 Å². The Morgan fingerprint density at radius 3 is 2.74 bits per heavy atom. The van der Waals surface area contributed by atoms with Crippen molar-refractivity contribution >= 4 is 0 Å². The van der Waals surface area contributed by atoms with E-state index in [1.54, 1.807) is 0 Å². The van der Waals surface area contributed by atoms with Crippen LogP contribution in [0.5, 0.6) is 0 Å². The molecule has 2 aliphatic rings. The predicted molar refractivity (Wildman–Crippen MR) is 80.5 cm³/mol. The van der Waals surface area contributed by atoms with Crippen molar-refractivity contribution in [2.24, 2.45) is 11.3 Å². The maximum Gasteiger partial charge on any atom is 0.0546 e. The Hall–Kier alpha value is -0.120. The highest BCUT2D eigenvalue weighted by Crippen LogP contribution is 2.33. The average Bonchev–Trinajstić information content (AvgIpc) is 3.23. The van der Waals surface area contributed by atoms with Crippen LogP contribution in [0.3, 0.4) is 0 Å². The van der Waals surface area contributed by atoms with Gasteiger partial charge in [-0.2, -0.15) is 0 Å². The Kier molecular flexibility index (Phi) is 6.11. The van der Waals surface area contributed by atoms with Crippen molar-refractivity contribution in [3.05, 3.63) is 0 Å². The van der Waals surface area contributed by atoms with Crippen molar-refractivity contribution in [3.63, 3.8) is 0 Å². The van der Waals surface area contributed by atoms with Gasteiger partial charge in [0, 0.05) is 31.7 Å². The smallest absolute Gasteiger partial charge is 0.0546 e. The molecule has 3 heteroatoms. The maximum absolute atomic E-state index is 5.82. The van der Waals surface area contributed by atoms with Crippen LogP contribution >= 0.6 is 0 Å². The van der Waals surface area contributed by atoms with Crippen molar-refractivity contribution in [3.8, 4) is 0 Å². The zero-order valence-electron chi connectivity index (χ0n) is 12.9. The first kappa shape index (κ1) is 15.3. The molecule has 0 aromatic heterocycles. The molecule has 0 aromatic carbocycles. The number of hydrogen-bond acceptors (Lipinski definition) is 3. The Bertz CT molecular complexity index is 247. The van der Waals surface area contributed by atoms with Gasteiger partial charge in [0.15, 0.2) is 0 Å². The van der Waals surface area contributed by atoms with Crippen LogP contribution < -0.4 is 5.32 Å². The second-order valence-corrected chi connectivity index (χ2v) is 6.60. The van der Waals surface area contributed by atoms with E-state index in [2.05, 4.69) is 24.1 Å². The van der Waals surface area contributed by atoms with E-state index in [4.69, 9.17) is 4.74 Å². The van der Waals surface area contributed by atoms with Gasteiger partial charge in [0.05, 0.1) is 6.61 Å². The fourth-order valence-corrected chi connectivity index (χ4v) is 3.21. The summed E-state index contributed by atoms with van der Waals surface area (Å²) in [6.07, 6.45) is 6.68. The van der Waals surface area contributed by atoms with Crippen LogP contribution in [0.1, 0.15) is 46.0 Å². The molecule has 1 saturated heterocycles. The van der Waals surface area contributed by atoms with Crippen molar-refractivity contribution in [1.82, 2.24) is 10.2 Å². The molecule has 0 aromatic rings. The molecule has 1 aliphatic carbocycles. The number of rotatable bonds is 9. The summed E-state index contributed by atoms with van der Waals surface area (Å²) in [5.74, 6) is 0.991. The van der Waals surface area contributed by atoms with Gasteiger partial charge in [-0.15, -0.1) is 0 Å². The highest BCUT2D eigenvalue weighted by Gasteiger charge is 2.35. The molecule has 1 N–H and O–H groups in total. The minimum Gasteiger partial charge on any atom is -0.381 e. The fourth-order valence-electron chi connectivity index (χ4n) is 3.21. The lowest BCUT2D eigenvalue weighted by atomic mass is 9.81. The SMILES string of the molecule is CCCNCC1(CN(CC)CC2CC2)CCCOC1. The van der Waals surface area contributed by atoms with Gasteiger partial charge in [-0.1, -0.05) is 13.8 Å². The quantitative estimate of drug-likeness (QED) is 0.650. The van der Waals surface area contributed by atoms with E-state index in [0.29, 0.717) is 5.41 Å². The van der Waals surface area contributed by atoms with Gasteiger partial charge in [-0.3, -0.25) is 0 Å². The molecule has 0 radical (unpaired) electrons. The molecule has 2 fully saturated rings. The van der Waals surface area contributed by atoms with E-state index in [0.717, 1.165) is 32.2 Å². The Morgan fingerprint density at radius 2 is 2.16 bits per heavy atom. The topological polar surface area (TPSA) is 24.5 Å². The Balaban J connectivity index is 1.86. The molecule has 1 heterocycles. The molecule has 1 unspecified atom stereocenters. The van der Waals surface area contributed by atoms with Gasteiger partial charge >= 0.3 is 0 Å². The largest absolute Gasteiger partial charge is 0.381 e. The van der Waals surface area contributed by atoms with E-state index in [1.165, 1.54) is 51.7 Å². The average molecular weight is 268 g/mol. The van der Waals surface area contributed by atoms with Gasteiger partial charge in [-0.05, 0) is 51.1 Å². The third kappa shape index (κ3) is 5.05. The molecule has 112 valence electrons. The first-order chi connectivity index (χ1) is 9.28. The summed E-state index contributed by atoms with van der Waals surface area (Å²) in [6, 6.07) is 0. The molecule has 0 amide bonds. The summed E-state index contributed by atoms with van der Waals surface area (Å²) in [7, 11) is 0. The number of nitrogens with zero attached hydrogens (tertiary/aromatic N) is 1.